The Balaban J connectivity index is 1.26. The molecule has 15 nitrogen and oxygen atoms in total. The lowest BCUT2D eigenvalue weighted by molar-refractivity contribution is -0.141. The Kier molecular flexibility index (Phi) is 10.3. The van der Waals surface area contributed by atoms with Crippen molar-refractivity contribution < 1.29 is 37.8 Å². The van der Waals surface area contributed by atoms with E-state index in [1.807, 2.05) is 12.2 Å². The largest absolute Gasteiger partial charge is 0.444 e. The number of allylic oxidation sites excluding steroid dienone is 1. The van der Waals surface area contributed by atoms with Crippen molar-refractivity contribution in [3.63, 3.8) is 0 Å². The first-order valence-corrected chi connectivity index (χ1v) is 17.9. The first-order valence-electron chi connectivity index (χ1n) is 17.9. The maximum Gasteiger partial charge on any atom is 0.410 e. The van der Waals surface area contributed by atoms with Gasteiger partial charge in [-0.05, 0) is 58.1 Å². The monoisotopic (exact) mass is 736 g/mol. The number of carbonyl (C=O) groups is 5. The molecule has 1 aliphatic carbocycles. The minimum Gasteiger partial charge on any atom is -0.444 e. The van der Waals surface area contributed by atoms with Gasteiger partial charge < -0.3 is 35.6 Å². The van der Waals surface area contributed by atoms with Crippen LogP contribution in [0.1, 0.15) is 76.8 Å². The number of nitrogens with zero attached hydrogens (tertiary/aromatic N) is 2. The molecule has 0 bridgehead atoms. The van der Waals surface area contributed by atoms with Gasteiger partial charge in [0.1, 0.15) is 46.5 Å². The van der Waals surface area contributed by atoms with Gasteiger partial charge in [-0.15, -0.1) is 0 Å². The first-order chi connectivity index (χ1) is 25.1. The summed E-state index contributed by atoms with van der Waals surface area (Å²) in [4.78, 5) is 95.5. The Bertz CT molecular complexity index is 1920. The molecule has 4 aliphatic rings. The molecule has 5 amide bonds. The summed E-state index contributed by atoms with van der Waals surface area (Å²) in [6, 6.07) is 2.29. The highest BCUT2D eigenvalue weighted by Crippen LogP contribution is 2.46. The van der Waals surface area contributed by atoms with E-state index in [1.54, 1.807) is 32.9 Å². The SMILES string of the molecule is CNc1c(NC(=O)[C@@]23C[C@@H]2/C=C\CCCCC[C@H](NC(=O)OC(C)(C)C)C(=O)N2C[C@H](OC(=O)N4Cc5cccc(F)c5C4)C[C@H]2C(=O)N3)c(=O)c1=O. The van der Waals surface area contributed by atoms with Crippen LogP contribution in [-0.2, 0) is 36.9 Å². The van der Waals surface area contributed by atoms with Gasteiger partial charge >= 0.3 is 12.2 Å². The average Bonchev–Trinajstić information content (AvgIpc) is 3.39. The van der Waals surface area contributed by atoms with Crippen LogP contribution in [0, 0.1) is 11.7 Å². The van der Waals surface area contributed by atoms with Crippen molar-refractivity contribution in [1.29, 1.82) is 0 Å². The van der Waals surface area contributed by atoms with Gasteiger partial charge in [0.2, 0.25) is 11.8 Å². The van der Waals surface area contributed by atoms with Gasteiger partial charge in [0.15, 0.2) is 0 Å². The van der Waals surface area contributed by atoms with Crippen LogP contribution in [0.5, 0.6) is 0 Å². The number of rotatable bonds is 5. The lowest BCUT2D eigenvalue weighted by atomic mass is 10.0. The lowest BCUT2D eigenvalue weighted by Gasteiger charge is -2.30. The topological polar surface area (TPSA) is 193 Å². The number of anilines is 2. The van der Waals surface area contributed by atoms with Crippen LogP contribution in [0.15, 0.2) is 39.9 Å². The van der Waals surface area contributed by atoms with Crippen molar-refractivity contribution in [3.05, 3.63) is 67.7 Å². The Morgan fingerprint density at radius 2 is 1.77 bits per heavy atom. The van der Waals surface area contributed by atoms with Gasteiger partial charge in [0.25, 0.3) is 16.8 Å². The fraction of sp³-hybridized carbons (Fsp3) is 0.541. The third-order valence-electron chi connectivity index (χ3n) is 10.2. The molecular weight excluding hydrogens is 691 g/mol. The molecule has 16 heteroatoms. The zero-order chi connectivity index (χ0) is 38.2. The van der Waals surface area contributed by atoms with E-state index in [0.717, 1.165) is 12.8 Å². The van der Waals surface area contributed by atoms with Crippen LogP contribution in [0.3, 0.4) is 0 Å². The highest BCUT2D eigenvalue weighted by atomic mass is 19.1. The second kappa shape index (κ2) is 14.6. The highest BCUT2D eigenvalue weighted by molar-refractivity contribution is 6.06. The Morgan fingerprint density at radius 3 is 2.49 bits per heavy atom. The predicted molar refractivity (Wildman–Crippen MR) is 190 cm³/mol. The molecule has 5 atom stereocenters. The van der Waals surface area contributed by atoms with E-state index in [2.05, 4.69) is 21.3 Å². The van der Waals surface area contributed by atoms with E-state index in [4.69, 9.17) is 9.47 Å². The molecule has 3 aliphatic heterocycles. The van der Waals surface area contributed by atoms with Crippen molar-refractivity contribution in [1.82, 2.24) is 20.4 Å². The molecule has 2 fully saturated rings. The summed E-state index contributed by atoms with van der Waals surface area (Å²) >= 11 is 0. The van der Waals surface area contributed by atoms with Gasteiger partial charge in [0.05, 0.1) is 13.1 Å². The molecule has 1 saturated carbocycles. The second-order valence-corrected chi connectivity index (χ2v) is 15.1. The van der Waals surface area contributed by atoms with Crippen LogP contribution in [-0.4, -0.2) is 82.6 Å². The predicted octanol–water partition coefficient (Wildman–Crippen LogP) is 2.81. The average molecular weight is 737 g/mol. The van der Waals surface area contributed by atoms with Gasteiger partial charge in [-0.1, -0.05) is 37.1 Å². The second-order valence-electron chi connectivity index (χ2n) is 15.1. The number of hydrogen-bond acceptors (Lipinski definition) is 10. The van der Waals surface area contributed by atoms with Crippen LogP contribution < -0.4 is 32.1 Å². The van der Waals surface area contributed by atoms with E-state index in [9.17, 15) is 38.0 Å². The van der Waals surface area contributed by atoms with Crippen LogP contribution in [0.25, 0.3) is 0 Å². The third kappa shape index (κ3) is 7.76. The molecule has 1 saturated heterocycles. The van der Waals surface area contributed by atoms with Crippen molar-refractivity contribution in [2.24, 2.45) is 5.92 Å². The number of nitrogens with one attached hydrogen (secondary N) is 4. The zero-order valence-corrected chi connectivity index (χ0v) is 30.2. The summed E-state index contributed by atoms with van der Waals surface area (Å²) < 4.78 is 25.7. The van der Waals surface area contributed by atoms with Gasteiger partial charge in [-0.3, -0.25) is 28.9 Å². The molecule has 6 rings (SSSR count). The van der Waals surface area contributed by atoms with E-state index < -0.39 is 81.8 Å². The molecule has 0 radical (unpaired) electrons. The fourth-order valence-corrected chi connectivity index (χ4v) is 7.32. The maximum atomic E-state index is 14.4. The Hall–Kier alpha value is -5.28. The van der Waals surface area contributed by atoms with Gasteiger partial charge in [-0.2, -0.15) is 0 Å². The van der Waals surface area contributed by atoms with Crippen molar-refractivity contribution in [2.75, 3.05) is 24.2 Å². The van der Waals surface area contributed by atoms with E-state index in [0.29, 0.717) is 24.0 Å². The first kappa shape index (κ1) is 37.5. The molecule has 284 valence electrons. The number of amides is 5. The van der Waals surface area contributed by atoms with E-state index >= 15 is 0 Å². The number of hydrogen-bond donors (Lipinski definition) is 4. The van der Waals surface area contributed by atoms with Crippen molar-refractivity contribution in [3.8, 4) is 0 Å². The summed E-state index contributed by atoms with van der Waals surface area (Å²) in [6.07, 6.45) is 4.27. The van der Waals surface area contributed by atoms with Crippen LogP contribution in [0.2, 0.25) is 0 Å². The molecule has 0 aromatic heterocycles. The van der Waals surface area contributed by atoms with Crippen LogP contribution >= 0.6 is 0 Å². The normalized spacial score (nSPS) is 26.6. The standard InChI is InChI=1S/C37H45FN6O9/c1-36(2,3)53-34(50)40-25-14-9-7-5-6-8-12-21-16-37(21,33(49)41-28-27(39-4)29(45)30(28)46)42-31(47)26-15-22(18-44(26)32(25)48)52-35(51)43-17-20-11-10-13-24(38)23(20)19-43/h8,10-13,21-22,25-26,39H,5-7,9,14-19H2,1-4H3,(H,40,50)(H,41,49)(H,42,47)/b12-8-/t21-,22+,25-,26-,37+/m0/s1. The molecule has 0 spiro atoms. The van der Waals surface area contributed by atoms with Crippen molar-refractivity contribution >= 4 is 41.3 Å². The number of fused-ring (bicyclic) bond motifs is 3. The number of alkyl carbamates (subject to hydrolysis) is 1. The Morgan fingerprint density at radius 1 is 1.02 bits per heavy atom. The smallest absolute Gasteiger partial charge is 0.410 e. The Labute approximate surface area is 305 Å². The highest BCUT2D eigenvalue weighted by Gasteiger charge is 2.61. The summed E-state index contributed by atoms with van der Waals surface area (Å²) in [6.45, 7) is 5.00. The quantitative estimate of drug-likeness (QED) is 0.262. The number of benzene rings is 1. The maximum absolute atomic E-state index is 14.4. The van der Waals surface area contributed by atoms with Crippen molar-refractivity contribution in [2.45, 2.75) is 108 Å². The summed E-state index contributed by atoms with van der Waals surface area (Å²) in [7, 11) is 1.44. The summed E-state index contributed by atoms with van der Waals surface area (Å²) in [5.41, 5.74) is -3.17. The van der Waals surface area contributed by atoms with E-state index in [1.165, 1.54) is 22.9 Å². The minimum absolute atomic E-state index is 0.00562. The molecule has 4 N–H and O–H groups in total. The summed E-state index contributed by atoms with van der Waals surface area (Å²) in [5, 5.41) is 10.6. The minimum atomic E-state index is -1.50. The summed E-state index contributed by atoms with van der Waals surface area (Å²) in [5.74, 6) is -2.88. The number of ether oxygens (including phenoxy) is 2. The third-order valence-corrected chi connectivity index (χ3v) is 10.2. The van der Waals surface area contributed by atoms with E-state index in [-0.39, 0.29) is 50.3 Å². The molecular formula is C37H45FN6O9. The fourth-order valence-electron chi connectivity index (χ4n) is 7.32. The molecule has 53 heavy (non-hydrogen) atoms. The molecule has 2 aromatic rings. The number of halogens is 1. The number of carbonyl (C=O) groups excluding carboxylic acids is 5. The lowest BCUT2D eigenvalue weighted by Crippen LogP contribution is -2.57. The zero-order valence-electron chi connectivity index (χ0n) is 30.2. The van der Waals surface area contributed by atoms with Gasteiger partial charge in [-0.25, -0.2) is 14.0 Å². The van der Waals surface area contributed by atoms with Gasteiger partial charge in [0, 0.05) is 31.5 Å². The molecule has 2 aromatic carbocycles. The molecule has 3 heterocycles. The van der Waals surface area contributed by atoms with Crippen LogP contribution in [0.4, 0.5) is 25.4 Å². The molecule has 0 unspecified atom stereocenters.